The molecule has 0 aliphatic carbocycles. The van der Waals surface area contributed by atoms with E-state index in [2.05, 4.69) is 18.9 Å². The standard InChI is InChI=1S/C7H13NO/c1-3-5-4-8(2)7-6(5)9-7/h5-7H,3-4H2,1-2H3. The highest BCUT2D eigenvalue weighted by Crippen LogP contribution is 2.40. The molecule has 0 saturated carbocycles. The van der Waals surface area contributed by atoms with Crippen molar-refractivity contribution in [3.05, 3.63) is 0 Å². The van der Waals surface area contributed by atoms with Gasteiger partial charge in [-0.1, -0.05) is 6.92 Å². The zero-order valence-electron chi connectivity index (χ0n) is 6.00. The van der Waals surface area contributed by atoms with Gasteiger partial charge in [-0.2, -0.15) is 0 Å². The Morgan fingerprint density at radius 3 is 2.67 bits per heavy atom. The first-order chi connectivity index (χ1) is 4.33. The highest BCUT2D eigenvalue weighted by atomic mass is 16.6. The molecule has 2 fully saturated rings. The Morgan fingerprint density at radius 1 is 1.67 bits per heavy atom. The maximum atomic E-state index is 5.39. The first-order valence-corrected chi connectivity index (χ1v) is 3.68. The molecule has 0 aromatic carbocycles. The minimum atomic E-state index is 0.495. The molecule has 2 heteroatoms. The fourth-order valence-corrected chi connectivity index (χ4v) is 1.75. The normalized spacial score (nSPS) is 49.3. The summed E-state index contributed by atoms with van der Waals surface area (Å²) in [6.07, 6.45) is 2.36. The van der Waals surface area contributed by atoms with Crippen LogP contribution in [0.2, 0.25) is 0 Å². The summed E-state index contributed by atoms with van der Waals surface area (Å²) in [5.74, 6) is 0.819. The highest BCUT2D eigenvalue weighted by molar-refractivity contribution is 4.96. The van der Waals surface area contributed by atoms with E-state index in [4.69, 9.17) is 4.74 Å². The van der Waals surface area contributed by atoms with Gasteiger partial charge in [0.15, 0.2) is 0 Å². The predicted molar refractivity (Wildman–Crippen MR) is 35.1 cm³/mol. The number of ether oxygens (including phenoxy) is 1. The van der Waals surface area contributed by atoms with Crippen molar-refractivity contribution in [3.63, 3.8) is 0 Å². The van der Waals surface area contributed by atoms with Gasteiger partial charge in [0.25, 0.3) is 0 Å². The van der Waals surface area contributed by atoms with Crippen LogP contribution in [0.5, 0.6) is 0 Å². The van der Waals surface area contributed by atoms with Crippen LogP contribution in [0.15, 0.2) is 0 Å². The summed E-state index contributed by atoms with van der Waals surface area (Å²) >= 11 is 0. The molecule has 2 saturated heterocycles. The molecule has 0 N–H and O–H groups in total. The molecule has 0 aromatic heterocycles. The predicted octanol–water partition coefficient (Wildman–Crippen LogP) is 0.683. The number of epoxide rings is 1. The minimum absolute atomic E-state index is 0.495. The number of rotatable bonds is 1. The summed E-state index contributed by atoms with van der Waals surface area (Å²) in [7, 11) is 2.14. The van der Waals surface area contributed by atoms with Gasteiger partial charge in [-0.05, 0) is 13.5 Å². The molecule has 3 unspecified atom stereocenters. The summed E-state index contributed by atoms with van der Waals surface area (Å²) < 4.78 is 5.39. The maximum absolute atomic E-state index is 5.39. The van der Waals surface area contributed by atoms with Gasteiger partial charge >= 0.3 is 0 Å². The lowest BCUT2D eigenvalue weighted by atomic mass is 10.1. The third-order valence-corrected chi connectivity index (χ3v) is 2.45. The van der Waals surface area contributed by atoms with Crippen molar-refractivity contribution in [1.29, 1.82) is 0 Å². The number of hydrogen-bond acceptors (Lipinski definition) is 2. The Kier molecular flexibility index (Phi) is 1.08. The monoisotopic (exact) mass is 127 g/mol. The molecule has 0 amide bonds. The molecular formula is C7H13NO. The van der Waals surface area contributed by atoms with Crippen molar-refractivity contribution >= 4 is 0 Å². The Balaban J connectivity index is 2.00. The van der Waals surface area contributed by atoms with Gasteiger partial charge in [-0.25, -0.2) is 0 Å². The number of nitrogens with zero attached hydrogens (tertiary/aromatic N) is 1. The van der Waals surface area contributed by atoms with Crippen molar-refractivity contribution in [3.8, 4) is 0 Å². The first kappa shape index (κ1) is 5.69. The average Bonchev–Trinajstić information content (AvgIpc) is 2.56. The van der Waals surface area contributed by atoms with E-state index in [1.807, 2.05) is 0 Å². The molecule has 2 heterocycles. The van der Waals surface area contributed by atoms with Gasteiger partial charge in [0.2, 0.25) is 0 Å². The molecule has 9 heavy (non-hydrogen) atoms. The summed E-state index contributed by atoms with van der Waals surface area (Å²) in [5.41, 5.74) is 0. The molecular weight excluding hydrogens is 114 g/mol. The van der Waals surface area contributed by atoms with E-state index in [1.165, 1.54) is 13.0 Å². The quantitative estimate of drug-likeness (QED) is 0.481. The molecule has 0 bridgehead atoms. The van der Waals surface area contributed by atoms with Crippen molar-refractivity contribution in [2.24, 2.45) is 5.92 Å². The third kappa shape index (κ3) is 0.700. The third-order valence-electron chi connectivity index (χ3n) is 2.45. The first-order valence-electron chi connectivity index (χ1n) is 3.68. The largest absolute Gasteiger partial charge is 0.353 e. The van der Waals surface area contributed by atoms with E-state index in [0.717, 1.165) is 5.92 Å². The smallest absolute Gasteiger partial charge is 0.137 e. The number of likely N-dealkylation sites (tertiary alicyclic amines) is 1. The fourth-order valence-electron chi connectivity index (χ4n) is 1.75. The second kappa shape index (κ2) is 1.70. The summed E-state index contributed by atoms with van der Waals surface area (Å²) in [6.45, 7) is 3.48. The Hall–Kier alpha value is -0.0800. The van der Waals surface area contributed by atoms with Crippen LogP contribution in [0.3, 0.4) is 0 Å². The van der Waals surface area contributed by atoms with Gasteiger partial charge in [0.05, 0.1) is 0 Å². The lowest BCUT2D eigenvalue weighted by molar-refractivity contribution is 0.155. The Bertz CT molecular complexity index is 126. The molecule has 2 aliphatic heterocycles. The number of likely N-dealkylation sites (N-methyl/N-ethyl adjacent to an activating group) is 1. The van der Waals surface area contributed by atoms with Crippen LogP contribution < -0.4 is 0 Å². The van der Waals surface area contributed by atoms with E-state index in [0.29, 0.717) is 12.3 Å². The van der Waals surface area contributed by atoms with Gasteiger partial charge in [-0.15, -0.1) is 0 Å². The van der Waals surface area contributed by atoms with Crippen LogP contribution in [0.4, 0.5) is 0 Å². The van der Waals surface area contributed by atoms with Crippen LogP contribution in [0, 0.1) is 5.92 Å². The van der Waals surface area contributed by atoms with Crippen molar-refractivity contribution < 1.29 is 4.74 Å². The molecule has 0 radical (unpaired) electrons. The number of fused-ring (bicyclic) bond motifs is 1. The average molecular weight is 127 g/mol. The highest BCUT2D eigenvalue weighted by Gasteiger charge is 2.52. The second-order valence-corrected chi connectivity index (χ2v) is 3.10. The van der Waals surface area contributed by atoms with Crippen LogP contribution in [0.25, 0.3) is 0 Å². The fraction of sp³-hybridized carbons (Fsp3) is 1.00. The van der Waals surface area contributed by atoms with E-state index in [1.54, 1.807) is 0 Å². The van der Waals surface area contributed by atoms with Crippen molar-refractivity contribution in [1.82, 2.24) is 4.90 Å². The van der Waals surface area contributed by atoms with Crippen LogP contribution >= 0.6 is 0 Å². The van der Waals surface area contributed by atoms with Crippen LogP contribution in [-0.4, -0.2) is 30.8 Å². The lowest BCUT2D eigenvalue weighted by Crippen LogP contribution is -2.20. The molecule has 52 valence electrons. The Morgan fingerprint density at radius 2 is 2.44 bits per heavy atom. The molecule has 2 aliphatic rings. The van der Waals surface area contributed by atoms with E-state index >= 15 is 0 Å². The van der Waals surface area contributed by atoms with Crippen molar-refractivity contribution in [2.45, 2.75) is 25.7 Å². The molecule has 0 spiro atoms. The maximum Gasteiger partial charge on any atom is 0.137 e. The zero-order chi connectivity index (χ0) is 6.43. The SMILES string of the molecule is CCC1CN(C)C2OC12. The van der Waals surface area contributed by atoms with E-state index in [9.17, 15) is 0 Å². The lowest BCUT2D eigenvalue weighted by Gasteiger charge is -2.11. The number of hydrogen-bond donors (Lipinski definition) is 0. The van der Waals surface area contributed by atoms with Crippen LogP contribution in [0.1, 0.15) is 13.3 Å². The summed E-state index contributed by atoms with van der Waals surface area (Å²) in [5, 5.41) is 0. The van der Waals surface area contributed by atoms with E-state index in [-0.39, 0.29) is 0 Å². The van der Waals surface area contributed by atoms with Gasteiger partial charge in [0.1, 0.15) is 12.3 Å². The van der Waals surface area contributed by atoms with Crippen molar-refractivity contribution in [2.75, 3.05) is 13.6 Å². The molecule has 3 atom stereocenters. The topological polar surface area (TPSA) is 15.8 Å². The van der Waals surface area contributed by atoms with Gasteiger partial charge < -0.3 is 4.74 Å². The Labute approximate surface area is 55.8 Å². The molecule has 2 nitrogen and oxygen atoms in total. The second-order valence-electron chi connectivity index (χ2n) is 3.10. The van der Waals surface area contributed by atoms with Gasteiger partial charge in [-0.3, -0.25) is 4.90 Å². The summed E-state index contributed by atoms with van der Waals surface area (Å²) in [6, 6.07) is 0. The van der Waals surface area contributed by atoms with E-state index < -0.39 is 0 Å². The molecule has 2 rings (SSSR count). The summed E-state index contributed by atoms with van der Waals surface area (Å²) in [4.78, 5) is 2.30. The minimum Gasteiger partial charge on any atom is -0.353 e. The van der Waals surface area contributed by atoms with Crippen LogP contribution in [-0.2, 0) is 4.74 Å². The molecule has 0 aromatic rings. The van der Waals surface area contributed by atoms with Gasteiger partial charge in [0, 0.05) is 12.5 Å². The zero-order valence-corrected chi connectivity index (χ0v) is 6.00.